The maximum Gasteiger partial charge on any atom is 0.338 e. The molecule has 0 heterocycles. The van der Waals surface area contributed by atoms with Gasteiger partial charge in [0.05, 0.1) is 17.2 Å². The lowest BCUT2D eigenvalue weighted by Gasteiger charge is -2.09. The van der Waals surface area contributed by atoms with Crippen LogP contribution in [-0.4, -0.2) is 12.6 Å². The predicted octanol–water partition coefficient (Wildman–Crippen LogP) is 4.23. The van der Waals surface area contributed by atoms with E-state index in [1.807, 2.05) is 0 Å². The number of halogens is 2. The molecule has 0 saturated heterocycles. The van der Waals surface area contributed by atoms with Crippen LogP contribution in [0.5, 0.6) is 5.75 Å². The van der Waals surface area contributed by atoms with Gasteiger partial charge in [-0.3, -0.25) is 0 Å². The highest BCUT2D eigenvalue weighted by Crippen LogP contribution is 2.26. The van der Waals surface area contributed by atoms with Crippen LogP contribution in [0.1, 0.15) is 22.8 Å². The molecule has 0 radical (unpaired) electrons. The lowest BCUT2D eigenvalue weighted by molar-refractivity contribution is 0.0526. The molecule has 2 rings (SSSR count). The summed E-state index contributed by atoms with van der Waals surface area (Å²) in [5.74, 6) is -0.329. The average molecular weight is 309 g/mol. The van der Waals surface area contributed by atoms with Crippen molar-refractivity contribution in [3.8, 4) is 5.75 Å². The molecule has 0 aliphatic carbocycles. The summed E-state index contributed by atoms with van der Waals surface area (Å²) in [6.07, 6.45) is 0. The summed E-state index contributed by atoms with van der Waals surface area (Å²) in [6, 6.07) is 10.8. The average Bonchev–Trinajstić information content (AvgIpc) is 2.46. The summed E-state index contributed by atoms with van der Waals surface area (Å²) in [7, 11) is 0. The van der Waals surface area contributed by atoms with Crippen LogP contribution < -0.4 is 4.74 Å². The fraction of sp³-hybridized carbons (Fsp3) is 0.188. The Kier molecular flexibility index (Phi) is 5.17. The molecule has 21 heavy (non-hydrogen) atoms. The Morgan fingerprint density at radius 3 is 2.71 bits per heavy atom. The molecule has 3 nitrogen and oxygen atoms in total. The van der Waals surface area contributed by atoms with Gasteiger partial charge in [-0.25, -0.2) is 9.18 Å². The monoisotopic (exact) mass is 308 g/mol. The largest absolute Gasteiger partial charge is 0.487 e. The van der Waals surface area contributed by atoms with Gasteiger partial charge in [0, 0.05) is 0 Å². The van der Waals surface area contributed by atoms with E-state index in [9.17, 15) is 9.18 Å². The quantitative estimate of drug-likeness (QED) is 0.775. The zero-order chi connectivity index (χ0) is 15.2. The third kappa shape index (κ3) is 4.20. The zero-order valence-electron chi connectivity index (χ0n) is 11.4. The molecule has 0 N–H and O–H groups in total. The first-order valence-electron chi connectivity index (χ1n) is 6.44. The van der Waals surface area contributed by atoms with E-state index in [1.54, 1.807) is 31.2 Å². The van der Waals surface area contributed by atoms with Gasteiger partial charge in [0.25, 0.3) is 0 Å². The second-order valence-corrected chi connectivity index (χ2v) is 4.69. The first kappa shape index (κ1) is 15.3. The van der Waals surface area contributed by atoms with E-state index in [4.69, 9.17) is 21.1 Å². The highest BCUT2D eigenvalue weighted by molar-refractivity contribution is 6.32. The van der Waals surface area contributed by atoms with Crippen molar-refractivity contribution in [2.45, 2.75) is 13.5 Å². The predicted molar refractivity (Wildman–Crippen MR) is 78.1 cm³/mol. The second-order valence-electron chi connectivity index (χ2n) is 4.28. The Hall–Kier alpha value is -2.07. The number of benzene rings is 2. The summed E-state index contributed by atoms with van der Waals surface area (Å²) >= 11 is 6.06. The lowest BCUT2D eigenvalue weighted by Crippen LogP contribution is -2.05. The van der Waals surface area contributed by atoms with Crippen LogP contribution >= 0.6 is 11.6 Å². The fourth-order valence-electron chi connectivity index (χ4n) is 1.75. The van der Waals surface area contributed by atoms with Gasteiger partial charge in [-0.2, -0.15) is 0 Å². The highest BCUT2D eigenvalue weighted by atomic mass is 35.5. The molecule has 110 valence electrons. The number of rotatable bonds is 5. The SMILES string of the molecule is CCOC(=O)c1ccc(OCc2cccc(F)c2)c(Cl)c1. The molecule has 2 aromatic rings. The van der Waals surface area contributed by atoms with Gasteiger partial charge < -0.3 is 9.47 Å². The minimum Gasteiger partial charge on any atom is -0.487 e. The Morgan fingerprint density at radius 2 is 2.05 bits per heavy atom. The molecule has 0 bridgehead atoms. The van der Waals surface area contributed by atoms with E-state index in [-0.39, 0.29) is 12.4 Å². The topological polar surface area (TPSA) is 35.5 Å². The van der Waals surface area contributed by atoms with Gasteiger partial charge in [-0.05, 0) is 42.8 Å². The van der Waals surface area contributed by atoms with Crippen LogP contribution in [0.2, 0.25) is 5.02 Å². The van der Waals surface area contributed by atoms with E-state index < -0.39 is 5.97 Å². The summed E-state index contributed by atoms with van der Waals surface area (Å²) < 4.78 is 23.5. The van der Waals surface area contributed by atoms with Crippen molar-refractivity contribution in [3.05, 3.63) is 64.4 Å². The standard InChI is InChI=1S/C16H14ClFO3/c1-2-20-16(19)12-6-7-15(14(17)9-12)21-10-11-4-3-5-13(18)8-11/h3-9H,2,10H2,1H3. The maximum atomic E-state index is 13.1. The number of carbonyl (C=O) groups is 1. The van der Waals surface area contributed by atoms with Crippen molar-refractivity contribution in [1.82, 2.24) is 0 Å². The molecule has 0 aromatic heterocycles. The first-order chi connectivity index (χ1) is 10.1. The number of carbonyl (C=O) groups excluding carboxylic acids is 1. The number of esters is 1. The van der Waals surface area contributed by atoms with Crippen LogP contribution in [0.25, 0.3) is 0 Å². The number of hydrogen-bond donors (Lipinski definition) is 0. The molecule has 2 aromatic carbocycles. The highest BCUT2D eigenvalue weighted by Gasteiger charge is 2.10. The van der Waals surface area contributed by atoms with Gasteiger partial charge in [0.1, 0.15) is 18.2 Å². The summed E-state index contributed by atoms with van der Waals surface area (Å²) in [5, 5.41) is 0.303. The van der Waals surface area contributed by atoms with Gasteiger partial charge in [0.2, 0.25) is 0 Å². The Balaban J connectivity index is 2.06. The molecular formula is C16H14ClFO3. The lowest BCUT2D eigenvalue weighted by atomic mass is 10.2. The molecule has 0 spiro atoms. The molecule has 0 aliphatic rings. The summed E-state index contributed by atoms with van der Waals surface area (Å²) in [6.45, 7) is 2.22. The first-order valence-corrected chi connectivity index (χ1v) is 6.82. The van der Waals surface area contributed by atoms with E-state index in [0.717, 1.165) is 0 Å². The molecule has 0 saturated carbocycles. The summed E-state index contributed by atoms with van der Waals surface area (Å²) in [4.78, 5) is 11.6. The van der Waals surface area contributed by atoms with Gasteiger partial charge in [0.15, 0.2) is 0 Å². The van der Waals surface area contributed by atoms with Crippen molar-refractivity contribution >= 4 is 17.6 Å². The number of ether oxygens (including phenoxy) is 2. The summed E-state index contributed by atoms with van der Waals surface area (Å²) in [5.41, 5.74) is 1.06. The van der Waals surface area contributed by atoms with Gasteiger partial charge in [-0.15, -0.1) is 0 Å². The molecule has 0 aliphatic heterocycles. The zero-order valence-corrected chi connectivity index (χ0v) is 12.2. The van der Waals surface area contributed by atoms with Crippen molar-refractivity contribution < 1.29 is 18.7 Å². The third-order valence-corrected chi connectivity index (χ3v) is 3.02. The van der Waals surface area contributed by atoms with E-state index in [0.29, 0.717) is 28.5 Å². The van der Waals surface area contributed by atoms with Crippen LogP contribution in [0.3, 0.4) is 0 Å². The van der Waals surface area contributed by atoms with Crippen molar-refractivity contribution in [2.75, 3.05) is 6.61 Å². The maximum absolute atomic E-state index is 13.1. The molecule has 0 atom stereocenters. The Bertz CT molecular complexity index is 643. The van der Waals surface area contributed by atoms with Crippen molar-refractivity contribution in [1.29, 1.82) is 0 Å². The van der Waals surface area contributed by atoms with Crippen LogP contribution in [0.4, 0.5) is 4.39 Å². The van der Waals surface area contributed by atoms with Crippen molar-refractivity contribution in [3.63, 3.8) is 0 Å². The molecule has 0 fully saturated rings. The van der Waals surface area contributed by atoms with Crippen LogP contribution in [0.15, 0.2) is 42.5 Å². The van der Waals surface area contributed by atoms with Gasteiger partial charge in [-0.1, -0.05) is 23.7 Å². The van der Waals surface area contributed by atoms with E-state index in [2.05, 4.69) is 0 Å². The Morgan fingerprint density at radius 1 is 1.24 bits per heavy atom. The smallest absolute Gasteiger partial charge is 0.338 e. The minimum absolute atomic E-state index is 0.191. The number of hydrogen-bond acceptors (Lipinski definition) is 3. The fourth-order valence-corrected chi connectivity index (χ4v) is 1.98. The normalized spacial score (nSPS) is 10.2. The molecular weight excluding hydrogens is 295 g/mol. The molecule has 5 heteroatoms. The van der Waals surface area contributed by atoms with Crippen LogP contribution in [0, 0.1) is 5.82 Å². The Labute approximate surface area is 127 Å². The van der Waals surface area contributed by atoms with E-state index >= 15 is 0 Å². The minimum atomic E-state index is -0.434. The van der Waals surface area contributed by atoms with E-state index in [1.165, 1.54) is 18.2 Å². The van der Waals surface area contributed by atoms with Crippen molar-refractivity contribution in [2.24, 2.45) is 0 Å². The third-order valence-electron chi connectivity index (χ3n) is 2.73. The molecule has 0 amide bonds. The molecule has 0 unspecified atom stereocenters. The second kappa shape index (κ2) is 7.09. The van der Waals surface area contributed by atoms with Crippen LogP contribution in [-0.2, 0) is 11.3 Å². The van der Waals surface area contributed by atoms with Gasteiger partial charge >= 0.3 is 5.97 Å².